The number of carbonyl (C=O) groups is 2. The van der Waals surface area contributed by atoms with Crippen molar-refractivity contribution in [2.24, 2.45) is 5.92 Å². The molecule has 10 heteroatoms. The van der Waals surface area contributed by atoms with E-state index < -0.39 is 28.5 Å². The second-order valence-electron chi connectivity index (χ2n) is 5.36. The standard InChI is InChI=1S/C14H16Cl2N2O5S/c15-10-1-2-11(16)12(7-10)24(22,23)18-5-3-9(4-6-18)14(21)17-8-13(19)20/h1-2,7,9H,3-6,8H2,(H,17,21)(H,19,20). The Morgan fingerprint density at radius 2 is 1.88 bits per heavy atom. The van der Waals surface area contributed by atoms with E-state index in [1.54, 1.807) is 0 Å². The molecule has 1 aromatic carbocycles. The summed E-state index contributed by atoms with van der Waals surface area (Å²) in [5.41, 5.74) is 0. The second kappa shape index (κ2) is 7.69. The van der Waals surface area contributed by atoms with Crippen molar-refractivity contribution in [2.75, 3.05) is 19.6 Å². The Kier molecular flexibility index (Phi) is 6.08. The van der Waals surface area contributed by atoms with Crippen molar-refractivity contribution in [3.05, 3.63) is 28.2 Å². The van der Waals surface area contributed by atoms with Crippen molar-refractivity contribution in [2.45, 2.75) is 17.7 Å². The van der Waals surface area contributed by atoms with E-state index in [1.165, 1.54) is 22.5 Å². The van der Waals surface area contributed by atoms with Crippen LogP contribution in [0.4, 0.5) is 0 Å². The number of benzene rings is 1. The summed E-state index contributed by atoms with van der Waals surface area (Å²) in [6.07, 6.45) is 0.617. The third-order valence-corrected chi connectivity index (χ3v) is 6.36. The highest BCUT2D eigenvalue weighted by molar-refractivity contribution is 7.89. The first-order chi connectivity index (χ1) is 11.2. The number of sulfonamides is 1. The molecule has 2 rings (SSSR count). The van der Waals surface area contributed by atoms with Crippen molar-refractivity contribution >= 4 is 45.1 Å². The lowest BCUT2D eigenvalue weighted by Gasteiger charge is -2.30. The first kappa shape index (κ1) is 19.0. The average molecular weight is 395 g/mol. The number of hydrogen-bond acceptors (Lipinski definition) is 4. The van der Waals surface area contributed by atoms with Crippen molar-refractivity contribution in [3.8, 4) is 0 Å². The van der Waals surface area contributed by atoms with Gasteiger partial charge in [0.1, 0.15) is 11.4 Å². The highest BCUT2D eigenvalue weighted by atomic mass is 35.5. The zero-order valence-corrected chi connectivity index (χ0v) is 14.9. The van der Waals surface area contributed by atoms with Gasteiger partial charge in [0.05, 0.1) is 5.02 Å². The number of amides is 1. The Bertz CT molecular complexity index is 746. The maximum Gasteiger partial charge on any atom is 0.322 e. The van der Waals surface area contributed by atoms with Gasteiger partial charge in [-0.2, -0.15) is 4.31 Å². The van der Waals surface area contributed by atoms with Crippen LogP contribution in [-0.4, -0.2) is 49.3 Å². The lowest BCUT2D eigenvalue weighted by Crippen LogP contribution is -2.43. The molecule has 0 spiro atoms. The van der Waals surface area contributed by atoms with Gasteiger partial charge in [-0.1, -0.05) is 23.2 Å². The first-order valence-electron chi connectivity index (χ1n) is 7.16. The van der Waals surface area contributed by atoms with Crippen molar-refractivity contribution in [1.82, 2.24) is 9.62 Å². The molecule has 0 radical (unpaired) electrons. The summed E-state index contributed by atoms with van der Waals surface area (Å²) < 4.78 is 26.6. The summed E-state index contributed by atoms with van der Waals surface area (Å²) in [4.78, 5) is 22.2. The minimum absolute atomic E-state index is 0.0644. The van der Waals surface area contributed by atoms with Crippen LogP contribution < -0.4 is 5.32 Å². The van der Waals surface area contributed by atoms with E-state index in [0.29, 0.717) is 12.8 Å². The fourth-order valence-corrected chi connectivity index (χ4v) is 4.69. The summed E-state index contributed by atoms with van der Waals surface area (Å²) in [7, 11) is -3.80. The summed E-state index contributed by atoms with van der Waals surface area (Å²) in [6, 6.07) is 4.22. The topological polar surface area (TPSA) is 104 Å². The molecular formula is C14H16Cl2N2O5S. The van der Waals surface area contributed by atoms with Crippen LogP contribution in [0.25, 0.3) is 0 Å². The van der Waals surface area contributed by atoms with Crippen LogP contribution in [-0.2, 0) is 19.6 Å². The number of rotatable bonds is 5. The molecule has 132 valence electrons. The fourth-order valence-electron chi connectivity index (χ4n) is 2.48. The van der Waals surface area contributed by atoms with Crippen molar-refractivity contribution in [1.29, 1.82) is 0 Å². The molecule has 1 aliphatic rings. The van der Waals surface area contributed by atoms with E-state index in [1.807, 2.05) is 0 Å². The summed E-state index contributed by atoms with van der Waals surface area (Å²) >= 11 is 11.8. The number of carbonyl (C=O) groups excluding carboxylic acids is 1. The van der Waals surface area contributed by atoms with E-state index in [2.05, 4.69) is 5.32 Å². The Hall–Kier alpha value is -1.35. The molecule has 0 aromatic heterocycles. The lowest BCUT2D eigenvalue weighted by molar-refractivity contribution is -0.138. The number of carboxylic acid groups (broad SMARTS) is 1. The molecule has 0 saturated carbocycles. The fraction of sp³-hybridized carbons (Fsp3) is 0.429. The van der Waals surface area contributed by atoms with Gasteiger partial charge in [0, 0.05) is 24.0 Å². The maximum atomic E-state index is 12.7. The monoisotopic (exact) mass is 394 g/mol. The van der Waals surface area contributed by atoms with Crippen LogP contribution in [0.5, 0.6) is 0 Å². The van der Waals surface area contributed by atoms with Gasteiger partial charge in [0.2, 0.25) is 15.9 Å². The van der Waals surface area contributed by atoms with E-state index in [0.717, 1.165) is 0 Å². The molecule has 1 amide bonds. The molecule has 1 aromatic rings. The molecule has 24 heavy (non-hydrogen) atoms. The normalized spacial score (nSPS) is 16.8. The van der Waals surface area contributed by atoms with E-state index >= 15 is 0 Å². The smallest absolute Gasteiger partial charge is 0.322 e. The van der Waals surface area contributed by atoms with Gasteiger partial charge in [-0.25, -0.2) is 8.42 Å². The van der Waals surface area contributed by atoms with Crippen LogP contribution in [0, 0.1) is 5.92 Å². The van der Waals surface area contributed by atoms with Crippen molar-refractivity contribution < 1.29 is 23.1 Å². The Labute approximate surface area is 149 Å². The van der Waals surface area contributed by atoms with Gasteiger partial charge in [-0.15, -0.1) is 0 Å². The first-order valence-corrected chi connectivity index (χ1v) is 9.36. The van der Waals surface area contributed by atoms with Gasteiger partial charge in [0.15, 0.2) is 0 Å². The number of piperidine rings is 1. The maximum absolute atomic E-state index is 12.7. The molecule has 0 bridgehead atoms. The van der Waals surface area contributed by atoms with Crippen LogP contribution in [0.1, 0.15) is 12.8 Å². The number of aliphatic carboxylic acids is 1. The zero-order valence-electron chi connectivity index (χ0n) is 12.5. The molecule has 1 heterocycles. The molecular weight excluding hydrogens is 379 g/mol. The van der Waals surface area contributed by atoms with Crippen molar-refractivity contribution in [3.63, 3.8) is 0 Å². The highest BCUT2D eigenvalue weighted by Gasteiger charge is 2.33. The second-order valence-corrected chi connectivity index (χ2v) is 8.11. The minimum Gasteiger partial charge on any atom is -0.480 e. The molecule has 1 fully saturated rings. The minimum atomic E-state index is -3.80. The van der Waals surface area contributed by atoms with E-state index in [9.17, 15) is 18.0 Å². The molecule has 1 saturated heterocycles. The molecule has 0 atom stereocenters. The van der Waals surface area contributed by atoms with Crippen LogP contribution in [0.2, 0.25) is 10.0 Å². The summed E-state index contributed by atoms with van der Waals surface area (Å²) in [6.45, 7) is -0.151. The Morgan fingerprint density at radius 3 is 2.46 bits per heavy atom. The Morgan fingerprint density at radius 1 is 1.25 bits per heavy atom. The van der Waals surface area contributed by atoms with E-state index in [-0.39, 0.29) is 33.9 Å². The molecule has 1 aliphatic heterocycles. The summed E-state index contributed by atoms with van der Waals surface area (Å²) in [5, 5.41) is 11.2. The largest absolute Gasteiger partial charge is 0.480 e. The Balaban J connectivity index is 2.04. The molecule has 0 aliphatic carbocycles. The van der Waals surface area contributed by atoms with E-state index in [4.69, 9.17) is 28.3 Å². The number of hydrogen-bond donors (Lipinski definition) is 2. The number of halogens is 2. The summed E-state index contributed by atoms with van der Waals surface area (Å²) in [5.74, 6) is -1.92. The van der Waals surface area contributed by atoms with Gasteiger partial charge in [0.25, 0.3) is 0 Å². The van der Waals surface area contributed by atoms with Gasteiger partial charge >= 0.3 is 5.97 Å². The third kappa shape index (κ3) is 4.38. The predicted octanol–water partition coefficient (Wildman–Crippen LogP) is 1.59. The lowest BCUT2D eigenvalue weighted by atomic mass is 9.97. The van der Waals surface area contributed by atoms with Gasteiger partial charge in [-0.05, 0) is 31.0 Å². The van der Waals surface area contributed by atoms with Gasteiger partial charge in [-0.3, -0.25) is 9.59 Å². The number of carboxylic acids is 1. The van der Waals surface area contributed by atoms with Gasteiger partial charge < -0.3 is 10.4 Å². The third-order valence-electron chi connectivity index (χ3n) is 3.75. The molecule has 0 unspecified atom stereocenters. The quantitative estimate of drug-likeness (QED) is 0.788. The van der Waals surface area contributed by atoms with Crippen LogP contribution >= 0.6 is 23.2 Å². The van der Waals surface area contributed by atoms with Crippen LogP contribution in [0.15, 0.2) is 23.1 Å². The zero-order chi connectivity index (χ0) is 17.9. The average Bonchev–Trinajstić information content (AvgIpc) is 2.54. The number of nitrogens with one attached hydrogen (secondary N) is 1. The highest BCUT2D eigenvalue weighted by Crippen LogP contribution is 2.30. The molecule has 7 nitrogen and oxygen atoms in total. The SMILES string of the molecule is O=C(O)CNC(=O)C1CCN(S(=O)(=O)c2cc(Cl)ccc2Cl)CC1. The van der Waals surface area contributed by atoms with Crippen LogP contribution in [0.3, 0.4) is 0 Å². The molecule has 2 N–H and O–H groups in total. The number of nitrogens with zero attached hydrogens (tertiary/aromatic N) is 1. The predicted molar refractivity (Wildman–Crippen MR) is 88.6 cm³/mol.